The summed E-state index contributed by atoms with van der Waals surface area (Å²) in [6.45, 7) is 2.68. The van der Waals surface area contributed by atoms with E-state index in [2.05, 4.69) is 13.0 Å². The lowest BCUT2D eigenvalue weighted by Crippen LogP contribution is -2.26. The normalized spacial score (nSPS) is 10.3. The van der Waals surface area contributed by atoms with Crippen LogP contribution in [0.5, 0.6) is 0 Å². The molecule has 0 atom stereocenters. The molecule has 18 heavy (non-hydrogen) atoms. The number of hydrogen-bond donors (Lipinski definition) is 1. The molecule has 1 heterocycles. The number of nitrogen functional groups attached to an aromatic ring is 1. The predicted molar refractivity (Wildman–Crippen MR) is 75.7 cm³/mol. The van der Waals surface area contributed by atoms with Crippen LogP contribution >= 0.6 is 11.3 Å². The van der Waals surface area contributed by atoms with Gasteiger partial charge in [-0.1, -0.05) is 12.1 Å². The van der Waals surface area contributed by atoms with Gasteiger partial charge >= 0.3 is 0 Å². The van der Waals surface area contributed by atoms with E-state index in [9.17, 15) is 4.79 Å². The summed E-state index contributed by atoms with van der Waals surface area (Å²) >= 11 is 1.67. The van der Waals surface area contributed by atoms with E-state index in [-0.39, 0.29) is 5.91 Å². The van der Waals surface area contributed by atoms with Crippen LogP contribution in [0.1, 0.15) is 20.8 Å². The van der Waals surface area contributed by atoms with Crippen LogP contribution in [0.4, 0.5) is 5.69 Å². The molecule has 0 aliphatic rings. The van der Waals surface area contributed by atoms with Crippen LogP contribution in [0, 0.1) is 6.92 Å². The molecule has 2 rings (SSSR count). The Morgan fingerprint density at radius 3 is 2.67 bits per heavy atom. The van der Waals surface area contributed by atoms with E-state index in [1.54, 1.807) is 35.4 Å². The molecule has 94 valence electrons. The van der Waals surface area contributed by atoms with E-state index >= 15 is 0 Å². The number of para-hydroxylation sites is 1. The van der Waals surface area contributed by atoms with Gasteiger partial charge in [-0.25, -0.2) is 0 Å². The van der Waals surface area contributed by atoms with Gasteiger partial charge in [-0.2, -0.15) is 0 Å². The molecule has 0 saturated heterocycles. The van der Waals surface area contributed by atoms with Crippen molar-refractivity contribution < 1.29 is 4.79 Å². The summed E-state index contributed by atoms with van der Waals surface area (Å²) in [5, 5.41) is 2.04. The first-order valence-electron chi connectivity index (χ1n) is 5.72. The summed E-state index contributed by atoms with van der Waals surface area (Å²) in [6, 6.07) is 9.23. The summed E-state index contributed by atoms with van der Waals surface area (Å²) < 4.78 is 0. The Morgan fingerprint density at radius 1 is 1.33 bits per heavy atom. The summed E-state index contributed by atoms with van der Waals surface area (Å²) in [7, 11) is 1.80. The Labute approximate surface area is 111 Å². The molecular formula is C14H16N2OS. The number of amides is 1. The average Bonchev–Trinajstić information content (AvgIpc) is 2.75. The Morgan fingerprint density at radius 2 is 2.06 bits per heavy atom. The van der Waals surface area contributed by atoms with Gasteiger partial charge < -0.3 is 10.6 Å². The second-order valence-electron chi connectivity index (χ2n) is 4.28. The number of aryl methyl sites for hydroxylation is 1. The van der Waals surface area contributed by atoms with E-state index in [0.29, 0.717) is 17.8 Å². The summed E-state index contributed by atoms with van der Waals surface area (Å²) in [5.41, 5.74) is 8.13. The van der Waals surface area contributed by atoms with Gasteiger partial charge in [-0.15, -0.1) is 11.3 Å². The van der Waals surface area contributed by atoms with Gasteiger partial charge in [-0.3, -0.25) is 4.79 Å². The molecule has 4 heteroatoms. The maximum absolute atomic E-state index is 12.3. The highest BCUT2D eigenvalue weighted by atomic mass is 32.1. The smallest absolute Gasteiger partial charge is 0.256 e. The van der Waals surface area contributed by atoms with Crippen LogP contribution in [0.2, 0.25) is 0 Å². The number of benzene rings is 1. The first-order chi connectivity index (χ1) is 8.59. The average molecular weight is 260 g/mol. The van der Waals surface area contributed by atoms with Crippen LogP contribution in [0.3, 0.4) is 0 Å². The number of rotatable bonds is 3. The highest BCUT2D eigenvalue weighted by Crippen LogP contribution is 2.19. The number of carbonyl (C=O) groups excluding carboxylic acids is 1. The fourth-order valence-corrected chi connectivity index (χ4v) is 2.71. The van der Waals surface area contributed by atoms with E-state index in [4.69, 9.17) is 5.73 Å². The van der Waals surface area contributed by atoms with Crippen molar-refractivity contribution >= 4 is 22.9 Å². The monoisotopic (exact) mass is 260 g/mol. The van der Waals surface area contributed by atoms with Gasteiger partial charge in [0.1, 0.15) is 0 Å². The summed E-state index contributed by atoms with van der Waals surface area (Å²) in [6.07, 6.45) is 0. The van der Waals surface area contributed by atoms with Gasteiger partial charge in [-0.05, 0) is 36.1 Å². The Bertz CT molecular complexity index is 562. The third-order valence-corrected chi connectivity index (χ3v) is 3.89. The third kappa shape index (κ3) is 2.54. The van der Waals surface area contributed by atoms with Crippen molar-refractivity contribution in [2.75, 3.05) is 12.8 Å². The van der Waals surface area contributed by atoms with Crippen LogP contribution < -0.4 is 5.73 Å². The minimum atomic E-state index is -0.0408. The molecule has 0 fully saturated rings. The van der Waals surface area contributed by atoms with Gasteiger partial charge in [0.2, 0.25) is 0 Å². The highest BCUT2D eigenvalue weighted by Gasteiger charge is 2.15. The van der Waals surface area contributed by atoms with Crippen LogP contribution in [0.15, 0.2) is 35.7 Å². The molecule has 3 nitrogen and oxygen atoms in total. The number of nitrogens with two attached hydrogens (primary N) is 1. The van der Waals surface area contributed by atoms with Gasteiger partial charge in [0, 0.05) is 17.6 Å². The molecule has 0 aliphatic carbocycles. The van der Waals surface area contributed by atoms with Gasteiger partial charge in [0.05, 0.1) is 12.1 Å². The van der Waals surface area contributed by atoms with E-state index in [1.165, 1.54) is 10.4 Å². The zero-order chi connectivity index (χ0) is 13.1. The second kappa shape index (κ2) is 5.23. The highest BCUT2D eigenvalue weighted by molar-refractivity contribution is 7.10. The predicted octanol–water partition coefficient (Wildman–Crippen LogP) is 2.91. The fraction of sp³-hybridized carbons (Fsp3) is 0.214. The lowest BCUT2D eigenvalue weighted by atomic mass is 10.1. The molecule has 0 aliphatic heterocycles. The first kappa shape index (κ1) is 12.6. The minimum absolute atomic E-state index is 0.0408. The quantitative estimate of drug-likeness (QED) is 0.862. The molecule has 0 radical (unpaired) electrons. The van der Waals surface area contributed by atoms with Gasteiger partial charge in [0.25, 0.3) is 5.91 Å². The zero-order valence-electron chi connectivity index (χ0n) is 10.5. The molecule has 2 N–H and O–H groups in total. The Balaban J connectivity index is 2.15. The van der Waals surface area contributed by atoms with Crippen LogP contribution in [-0.2, 0) is 6.54 Å². The number of carbonyl (C=O) groups is 1. The van der Waals surface area contributed by atoms with Crippen LogP contribution in [-0.4, -0.2) is 17.9 Å². The number of nitrogens with zero attached hydrogens (tertiary/aromatic N) is 1. The van der Waals surface area contributed by atoms with Crippen LogP contribution in [0.25, 0.3) is 0 Å². The van der Waals surface area contributed by atoms with Crippen molar-refractivity contribution in [3.05, 3.63) is 51.7 Å². The molecule has 2 aromatic rings. The fourth-order valence-electron chi connectivity index (χ4n) is 1.75. The van der Waals surface area contributed by atoms with Crippen molar-refractivity contribution in [1.82, 2.24) is 4.90 Å². The molecule has 1 amide bonds. The van der Waals surface area contributed by atoms with E-state index in [0.717, 1.165) is 0 Å². The number of anilines is 1. The molecule has 0 bridgehead atoms. The lowest BCUT2D eigenvalue weighted by molar-refractivity contribution is 0.0787. The largest absolute Gasteiger partial charge is 0.398 e. The second-order valence-corrected chi connectivity index (χ2v) is 5.28. The summed E-state index contributed by atoms with van der Waals surface area (Å²) in [4.78, 5) is 15.2. The van der Waals surface area contributed by atoms with Crippen molar-refractivity contribution in [2.45, 2.75) is 13.5 Å². The third-order valence-electron chi connectivity index (χ3n) is 2.89. The maximum atomic E-state index is 12.3. The first-order valence-corrected chi connectivity index (χ1v) is 6.60. The molecule has 0 saturated carbocycles. The minimum Gasteiger partial charge on any atom is -0.398 e. The number of hydrogen-bond acceptors (Lipinski definition) is 3. The molecule has 1 aromatic carbocycles. The van der Waals surface area contributed by atoms with Crippen molar-refractivity contribution in [3.8, 4) is 0 Å². The maximum Gasteiger partial charge on any atom is 0.256 e. The van der Waals surface area contributed by atoms with Gasteiger partial charge in [0.15, 0.2) is 0 Å². The Kier molecular flexibility index (Phi) is 3.67. The number of thiophene rings is 1. The van der Waals surface area contributed by atoms with Crippen molar-refractivity contribution in [2.24, 2.45) is 0 Å². The SMILES string of the molecule is Cc1ccsc1CN(C)C(=O)c1ccccc1N. The van der Waals surface area contributed by atoms with E-state index in [1.807, 2.05) is 17.5 Å². The van der Waals surface area contributed by atoms with Crippen molar-refractivity contribution in [3.63, 3.8) is 0 Å². The van der Waals surface area contributed by atoms with E-state index < -0.39 is 0 Å². The zero-order valence-corrected chi connectivity index (χ0v) is 11.3. The molecular weight excluding hydrogens is 244 g/mol. The standard InChI is InChI=1S/C14H16N2OS/c1-10-7-8-18-13(10)9-16(2)14(17)11-5-3-4-6-12(11)15/h3-8H,9,15H2,1-2H3. The van der Waals surface area contributed by atoms with Crippen molar-refractivity contribution in [1.29, 1.82) is 0 Å². The molecule has 0 spiro atoms. The summed E-state index contributed by atoms with van der Waals surface area (Å²) in [5.74, 6) is -0.0408. The molecule has 1 aromatic heterocycles. The Hall–Kier alpha value is -1.81. The topological polar surface area (TPSA) is 46.3 Å². The molecule has 0 unspecified atom stereocenters. The lowest BCUT2D eigenvalue weighted by Gasteiger charge is -2.17.